The van der Waals surface area contributed by atoms with Crippen LogP contribution in [0.5, 0.6) is 0 Å². The van der Waals surface area contributed by atoms with Crippen LogP contribution in [0.3, 0.4) is 0 Å². The summed E-state index contributed by atoms with van der Waals surface area (Å²) in [5.74, 6) is 2.61. The van der Waals surface area contributed by atoms with E-state index in [1.807, 2.05) is 18.3 Å². The van der Waals surface area contributed by atoms with E-state index in [1.165, 1.54) is 32.1 Å². The van der Waals surface area contributed by atoms with Crippen LogP contribution in [0.2, 0.25) is 0 Å². The minimum atomic E-state index is 0.527. The molecule has 0 atom stereocenters. The number of pyridine rings is 1. The zero-order chi connectivity index (χ0) is 16.9. The third-order valence-corrected chi connectivity index (χ3v) is 5.04. The Bertz CT molecular complexity index is 664. The number of hydrogen-bond donors (Lipinski definition) is 1. The van der Waals surface area contributed by atoms with Gasteiger partial charge in [-0.3, -0.25) is 0 Å². The van der Waals surface area contributed by atoms with E-state index in [9.17, 15) is 0 Å². The van der Waals surface area contributed by atoms with Crippen molar-refractivity contribution in [1.29, 1.82) is 0 Å². The molecule has 0 spiro atoms. The Balaban J connectivity index is 1.37. The van der Waals surface area contributed by atoms with Crippen molar-refractivity contribution in [3.05, 3.63) is 30.6 Å². The normalized spacial score (nSPS) is 19.0. The van der Waals surface area contributed by atoms with Gasteiger partial charge in [-0.25, -0.2) is 4.98 Å². The molecule has 1 aliphatic heterocycles. The van der Waals surface area contributed by atoms with Gasteiger partial charge in [-0.05, 0) is 25.0 Å². The number of anilines is 3. The second-order valence-electron chi connectivity index (χ2n) is 6.78. The minimum Gasteiger partial charge on any atom is -0.366 e. The Morgan fingerprint density at radius 1 is 0.960 bits per heavy atom. The SMILES string of the molecule is c1ccc(N2CCN(c3nncc(NC4CCCCC4)n3)CC2)nc1. The topological polar surface area (TPSA) is 70.1 Å². The van der Waals surface area contributed by atoms with E-state index in [-0.39, 0.29) is 0 Å². The average molecular weight is 339 g/mol. The maximum atomic E-state index is 4.70. The first-order valence-corrected chi connectivity index (χ1v) is 9.26. The van der Waals surface area contributed by atoms with Crippen molar-refractivity contribution in [1.82, 2.24) is 20.2 Å². The summed E-state index contributed by atoms with van der Waals surface area (Å²) in [7, 11) is 0. The number of rotatable bonds is 4. The van der Waals surface area contributed by atoms with Gasteiger partial charge in [0.05, 0.1) is 6.20 Å². The predicted octanol–water partition coefficient (Wildman–Crippen LogP) is 2.34. The van der Waals surface area contributed by atoms with Gasteiger partial charge >= 0.3 is 0 Å². The Kier molecular flexibility index (Phi) is 4.90. The van der Waals surface area contributed by atoms with Gasteiger partial charge in [0.25, 0.3) is 0 Å². The van der Waals surface area contributed by atoms with Gasteiger partial charge in [0.15, 0.2) is 5.82 Å². The quantitative estimate of drug-likeness (QED) is 0.917. The highest BCUT2D eigenvalue weighted by molar-refractivity contribution is 5.44. The molecule has 0 bridgehead atoms. The molecule has 132 valence electrons. The van der Waals surface area contributed by atoms with Crippen LogP contribution >= 0.6 is 0 Å². The van der Waals surface area contributed by atoms with E-state index in [1.54, 1.807) is 6.20 Å². The van der Waals surface area contributed by atoms with Gasteiger partial charge in [0.1, 0.15) is 5.82 Å². The molecular weight excluding hydrogens is 314 g/mol. The molecule has 1 saturated carbocycles. The summed E-state index contributed by atoms with van der Waals surface area (Å²) in [4.78, 5) is 13.6. The van der Waals surface area contributed by atoms with Crippen molar-refractivity contribution in [2.45, 2.75) is 38.1 Å². The van der Waals surface area contributed by atoms with Crippen molar-refractivity contribution < 1.29 is 0 Å². The predicted molar refractivity (Wildman–Crippen MR) is 99.0 cm³/mol. The maximum Gasteiger partial charge on any atom is 0.247 e. The zero-order valence-electron chi connectivity index (χ0n) is 14.5. The van der Waals surface area contributed by atoms with E-state index >= 15 is 0 Å². The van der Waals surface area contributed by atoms with Gasteiger partial charge in [-0.2, -0.15) is 10.1 Å². The highest BCUT2D eigenvalue weighted by Crippen LogP contribution is 2.21. The highest BCUT2D eigenvalue weighted by Gasteiger charge is 2.21. The van der Waals surface area contributed by atoms with Crippen LogP contribution in [0, 0.1) is 0 Å². The van der Waals surface area contributed by atoms with E-state index < -0.39 is 0 Å². The van der Waals surface area contributed by atoms with Crippen LogP contribution < -0.4 is 15.1 Å². The van der Waals surface area contributed by atoms with Gasteiger partial charge < -0.3 is 15.1 Å². The van der Waals surface area contributed by atoms with E-state index in [4.69, 9.17) is 4.98 Å². The molecule has 0 amide bonds. The molecule has 0 aromatic carbocycles. The third kappa shape index (κ3) is 3.97. The summed E-state index contributed by atoms with van der Waals surface area (Å²) in [5, 5.41) is 11.9. The first-order valence-electron chi connectivity index (χ1n) is 9.26. The van der Waals surface area contributed by atoms with Crippen LogP contribution in [0.25, 0.3) is 0 Å². The number of hydrogen-bond acceptors (Lipinski definition) is 7. The second-order valence-corrected chi connectivity index (χ2v) is 6.78. The third-order valence-electron chi connectivity index (χ3n) is 5.04. The Morgan fingerprint density at radius 3 is 2.52 bits per heavy atom. The molecule has 25 heavy (non-hydrogen) atoms. The highest BCUT2D eigenvalue weighted by atomic mass is 15.4. The lowest BCUT2D eigenvalue weighted by Crippen LogP contribution is -2.47. The first kappa shape index (κ1) is 16.1. The van der Waals surface area contributed by atoms with Crippen molar-refractivity contribution in [3.8, 4) is 0 Å². The maximum absolute atomic E-state index is 4.70. The number of nitrogens with zero attached hydrogens (tertiary/aromatic N) is 6. The molecule has 2 aromatic heterocycles. The Labute approximate surface area is 148 Å². The van der Waals surface area contributed by atoms with Gasteiger partial charge in [0.2, 0.25) is 5.95 Å². The minimum absolute atomic E-state index is 0.527. The lowest BCUT2D eigenvalue weighted by Gasteiger charge is -2.35. The van der Waals surface area contributed by atoms with Gasteiger partial charge in [-0.15, -0.1) is 5.10 Å². The lowest BCUT2D eigenvalue weighted by molar-refractivity contribution is 0.461. The number of piperazine rings is 1. The molecule has 1 N–H and O–H groups in total. The molecule has 2 aliphatic rings. The molecule has 0 radical (unpaired) electrons. The summed E-state index contributed by atoms with van der Waals surface area (Å²) in [6.07, 6.45) is 9.99. The molecule has 1 saturated heterocycles. The first-order chi connectivity index (χ1) is 12.4. The summed E-state index contributed by atoms with van der Waals surface area (Å²) >= 11 is 0. The van der Waals surface area contributed by atoms with E-state index in [2.05, 4.69) is 36.4 Å². The monoisotopic (exact) mass is 339 g/mol. The van der Waals surface area contributed by atoms with Crippen LogP contribution in [-0.4, -0.2) is 52.4 Å². The molecule has 1 aliphatic carbocycles. The molecule has 7 nitrogen and oxygen atoms in total. The van der Waals surface area contributed by atoms with Gasteiger partial charge in [0, 0.05) is 38.4 Å². The molecular formula is C18H25N7. The zero-order valence-corrected chi connectivity index (χ0v) is 14.5. The standard InChI is InChI=1S/C18H25N7/c1-2-6-15(7-3-1)21-16-14-20-23-18(22-16)25-12-10-24(11-13-25)17-8-4-5-9-19-17/h4-5,8-9,14-15H,1-3,6-7,10-13H2,(H,21,22,23). The Hall–Kier alpha value is -2.44. The van der Waals surface area contributed by atoms with Crippen LogP contribution in [0.15, 0.2) is 30.6 Å². The molecule has 2 fully saturated rings. The van der Waals surface area contributed by atoms with Crippen LogP contribution in [0.1, 0.15) is 32.1 Å². The fourth-order valence-electron chi connectivity index (χ4n) is 3.63. The largest absolute Gasteiger partial charge is 0.366 e. The molecule has 4 rings (SSSR count). The Morgan fingerprint density at radius 2 is 1.76 bits per heavy atom. The lowest BCUT2D eigenvalue weighted by atomic mass is 9.96. The molecule has 7 heteroatoms. The van der Waals surface area contributed by atoms with E-state index in [0.29, 0.717) is 6.04 Å². The van der Waals surface area contributed by atoms with Crippen molar-refractivity contribution in [3.63, 3.8) is 0 Å². The second kappa shape index (κ2) is 7.63. The van der Waals surface area contributed by atoms with Crippen molar-refractivity contribution in [2.24, 2.45) is 0 Å². The molecule has 2 aromatic rings. The smallest absolute Gasteiger partial charge is 0.247 e. The van der Waals surface area contributed by atoms with Gasteiger partial charge in [-0.1, -0.05) is 25.3 Å². The molecule has 0 unspecified atom stereocenters. The summed E-state index contributed by atoms with van der Waals surface area (Å²) in [6, 6.07) is 6.56. The number of nitrogens with one attached hydrogen (secondary N) is 1. The number of aromatic nitrogens is 4. The molecule has 3 heterocycles. The fourth-order valence-corrected chi connectivity index (χ4v) is 3.63. The summed E-state index contributed by atoms with van der Waals surface area (Å²) in [5.41, 5.74) is 0. The van der Waals surface area contributed by atoms with Crippen LogP contribution in [0.4, 0.5) is 17.6 Å². The van der Waals surface area contributed by atoms with Crippen molar-refractivity contribution in [2.75, 3.05) is 41.3 Å². The summed E-state index contributed by atoms with van der Waals surface area (Å²) in [6.45, 7) is 3.59. The van der Waals surface area contributed by atoms with E-state index in [0.717, 1.165) is 43.8 Å². The summed E-state index contributed by atoms with van der Waals surface area (Å²) < 4.78 is 0. The fraction of sp³-hybridized carbons (Fsp3) is 0.556. The van der Waals surface area contributed by atoms with Crippen LogP contribution in [-0.2, 0) is 0 Å². The van der Waals surface area contributed by atoms with Crippen molar-refractivity contribution >= 4 is 17.6 Å². The average Bonchev–Trinajstić information content (AvgIpc) is 2.70.